The van der Waals surface area contributed by atoms with Crippen LogP contribution in [-0.2, 0) is 32.1 Å². The van der Waals surface area contributed by atoms with E-state index in [1.165, 1.54) is 0 Å². The van der Waals surface area contributed by atoms with E-state index in [1.807, 2.05) is 18.2 Å². The molecular formula is C14H16NO7-3. The minimum Gasteiger partial charge on any atom is -0.550 e. The van der Waals surface area contributed by atoms with Crippen LogP contribution in [0.15, 0.2) is 24.3 Å². The van der Waals surface area contributed by atoms with Crippen LogP contribution >= 0.6 is 0 Å². The number of hydrogen-bond donors (Lipinski definition) is 1. The smallest absolute Gasteiger partial charge is 0.0870 e. The monoisotopic (exact) mass is 310 g/mol. The highest BCUT2D eigenvalue weighted by Gasteiger charge is 1.96. The molecular weight excluding hydrogens is 294 g/mol. The molecule has 0 aliphatic rings. The number of carboxylic acid groups (broad SMARTS) is 3. The second-order valence-electron chi connectivity index (χ2n) is 4.11. The molecule has 122 valence electrons. The standard InChI is InChI=1S/C12H17NO3.C2H2O4/c1-16-6-5-13-9-11-4-2-3-10(7-11)8-12(14)15;3-1(4)2(5)6/h2-4,7,13H,5-6,8-9H2,1H3,(H,14,15);(H,3,4)(H,5,6)/p-3. The van der Waals surface area contributed by atoms with Crippen molar-refractivity contribution in [3.63, 3.8) is 0 Å². The molecule has 1 aromatic rings. The molecule has 0 atom stereocenters. The summed E-state index contributed by atoms with van der Waals surface area (Å²) in [5.74, 6) is -5.42. The molecule has 0 saturated carbocycles. The van der Waals surface area contributed by atoms with Crippen molar-refractivity contribution in [2.75, 3.05) is 20.3 Å². The van der Waals surface area contributed by atoms with Gasteiger partial charge in [0.1, 0.15) is 0 Å². The van der Waals surface area contributed by atoms with Gasteiger partial charge in [-0.05, 0) is 11.1 Å². The highest BCUT2D eigenvalue weighted by molar-refractivity contribution is 6.25. The molecule has 1 N–H and O–H groups in total. The molecule has 0 aliphatic heterocycles. The number of ether oxygens (including phenoxy) is 1. The summed E-state index contributed by atoms with van der Waals surface area (Å²) in [6, 6.07) is 7.47. The zero-order valence-electron chi connectivity index (χ0n) is 12.0. The largest absolute Gasteiger partial charge is 0.550 e. The summed E-state index contributed by atoms with van der Waals surface area (Å²) < 4.78 is 4.91. The van der Waals surface area contributed by atoms with E-state index in [1.54, 1.807) is 13.2 Å². The molecule has 0 bridgehead atoms. The van der Waals surface area contributed by atoms with E-state index >= 15 is 0 Å². The minimum atomic E-state index is -2.19. The molecule has 0 saturated heterocycles. The predicted octanol–water partition coefficient (Wildman–Crippen LogP) is -3.80. The molecule has 1 rings (SSSR count). The molecule has 22 heavy (non-hydrogen) atoms. The summed E-state index contributed by atoms with van der Waals surface area (Å²) in [5, 5.41) is 31.5. The minimum absolute atomic E-state index is 0.0358. The molecule has 0 spiro atoms. The van der Waals surface area contributed by atoms with Crippen molar-refractivity contribution in [1.82, 2.24) is 5.32 Å². The molecule has 0 unspecified atom stereocenters. The Morgan fingerprint density at radius 1 is 1.09 bits per heavy atom. The Balaban J connectivity index is 0.000000626. The van der Waals surface area contributed by atoms with Crippen LogP contribution in [0.1, 0.15) is 11.1 Å². The SMILES string of the molecule is COCCNCc1cccc(CC(=O)[O-])c1.O=C([O-])C(=O)[O-]. The van der Waals surface area contributed by atoms with Gasteiger partial charge in [0.05, 0.1) is 18.5 Å². The lowest BCUT2D eigenvalue weighted by molar-refractivity contribution is -0.345. The van der Waals surface area contributed by atoms with Gasteiger partial charge in [0.15, 0.2) is 0 Å². The van der Waals surface area contributed by atoms with Crippen LogP contribution in [-0.4, -0.2) is 38.2 Å². The third-order valence-corrected chi connectivity index (χ3v) is 2.32. The Hall–Kier alpha value is -2.45. The number of carbonyl (C=O) groups is 3. The predicted molar refractivity (Wildman–Crippen MR) is 68.7 cm³/mol. The van der Waals surface area contributed by atoms with Gasteiger partial charge in [-0.15, -0.1) is 0 Å². The summed E-state index contributed by atoms with van der Waals surface area (Å²) >= 11 is 0. The van der Waals surface area contributed by atoms with Gasteiger partial charge in [0, 0.05) is 32.6 Å². The molecule has 0 aliphatic carbocycles. The van der Waals surface area contributed by atoms with Gasteiger partial charge in [0.25, 0.3) is 0 Å². The van der Waals surface area contributed by atoms with Gasteiger partial charge in [0.2, 0.25) is 0 Å². The number of carboxylic acids is 3. The summed E-state index contributed by atoms with van der Waals surface area (Å²) in [6.45, 7) is 2.16. The second kappa shape index (κ2) is 11.2. The van der Waals surface area contributed by atoms with Crippen LogP contribution < -0.4 is 20.6 Å². The van der Waals surface area contributed by atoms with Gasteiger partial charge >= 0.3 is 0 Å². The molecule has 8 nitrogen and oxygen atoms in total. The fourth-order valence-corrected chi connectivity index (χ4v) is 1.42. The average molecular weight is 310 g/mol. The molecule has 1 aromatic carbocycles. The van der Waals surface area contributed by atoms with Crippen molar-refractivity contribution in [3.8, 4) is 0 Å². The van der Waals surface area contributed by atoms with E-state index in [4.69, 9.17) is 24.5 Å². The topological polar surface area (TPSA) is 142 Å². The van der Waals surface area contributed by atoms with Gasteiger partial charge in [-0.3, -0.25) is 0 Å². The lowest BCUT2D eigenvalue weighted by Gasteiger charge is -2.07. The normalized spacial score (nSPS) is 9.50. The molecule has 0 radical (unpaired) electrons. The first-order valence-electron chi connectivity index (χ1n) is 6.26. The first-order valence-corrected chi connectivity index (χ1v) is 6.26. The van der Waals surface area contributed by atoms with Crippen LogP contribution in [0.2, 0.25) is 0 Å². The first-order chi connectivity index (χ1) is 10.4. The molecule has 0 heterocycles. The maximum Gasteiger partial charge on any atom is 0.0870 e. The summed E-state index contributed by atoms with van der Waals surface area (Å²) in [5.41, 5.74) is 1.83. The quantitative estimate of drug-likeness (QED) is 0.399. The Labute approximate surface area is 127 Å². The van der Waals surface area contributed by atoms with Gasteiger partial charge < -0.3 is 39.8 Å². The number of rotatable bonds is 7. The average Bonchev–Trinajstić information content (AvgIpc) is 2.44. The number of benzene rings is 1. The fraction of sp³-hybridized carbons (Fsp3) is 0.357. The van der Waals surface area contributed by atoms with Gasteiger partial charge in [-0.2, -0.15) is 0 Å². The lowest BCUT2D eigenvalue weighted by Crippen LogP contribution is -2.42. The summed E-state index contributed by atoms with van der Waals surface area (Å²) in [4.78, 5) is 28.3. The maximum atomic E-state index is 10.4. The summed E-state index contributed by atoms with van der Waals surface area (Å²) in [7, 11) is 1.65. The number of methoxy groups -OCH3 is 1. The molecule has 8 heteroatoms. The first kappa shape index (κ1) is 19.6. The zero-order valence-corrected chi connectivity index (χ0v) is 12.0. The van der Waals surface area contributed by atoms with Crippen LogP contribution in [0.3, 0.4) is 0 Å². The van der Waals surface area contributed by atoms with Crippen LogP contribution in [0.25, 0.3) is 0 Å². The van der Waals surface area contributed by atoms with Crippen LogP contribution in [0, 0.1) is 0 Å². The summed E-state index contributed by atoms with van der Waals surface area (Å²) in [6.07, 6.45) is -0.0358. The van der Waals surface area contributed by atoms with E-state index in [0.29, 0.717) is 13.2 Å². The van der Waals surface area contributed by atoms with Crippen molar-refractivity contribution in [2.45, 2.75) is 13.0 Å². The van der Waals surface area contributed by atoms with Gasteiger partial charge in [-0.25, -0.2) is 0 Å². The molecule has 0 amide bonds. The molecule has 0 aromatic heterocycles. The fourth-order valence-electron chi connectivity index (χ4n) is 1.42. The Morgan fingerprint density at radius 2 is 1.68 bits per heavy atom. The van der Waals surface area contributed by atoms with E-state index in [9.17, 15) is 9.90 Å². The van der Waals surface area contributed by atoms with E-state index in [2.05, 4.69) is 5.32 Å². The highest BCUT2D eigenvalue weighted by atomic mass is 16.5. The number of aliphatic carboxylic acids is 3. The Kier molecular flexibility index (Phi) is 9.98. The third-order valence-electron chi connectivity index (χ3n) is 2.32. The molecule has 0 fully saturated rings. The van der Waals surface area contributed by atoms with Crippen molar-refractivity contribution in [3.05, 3.63) is 35.4 Å². The van der Waals surface area contributed by atoms with Crippen molar-refractivity contribution >= 4 is 17.9 Å². The zero-order chi connectivity index (χ0) is 17.0. The van der Waals surface area contributed by atoms with E-state index in [-0.39, 0.29) is 6.42 Å². The number of nitrogens with one attached hydrogen (secondary N) is 1. The van der Waals surface area contributed by atoms with Gasteiger partial charge in [-0.1, -0.05) is 24.3 Å². The van der Waals surface area contributed by atoms with Crippen molar-refractivity contribution < 1.29 is 34.4 Å². The van der Waals surface area contributed by atoms with E-state index in [0.717, 1.165) is 17.7 Å². The number of carbonyl (C=O) groups excluding carboxylic acids is 3. The number of hydrogen-bond acceptors (Lipinski definition) is 8. The third kappa shape index (κ3) is 10.4. The Bertz CT molecular complexity index is 490. The van der Waals surface area contributed by atoms with Crippen molar-refractivity contribution in [1.29, 1.82) is 0 Å². The van der Waals surface area contributed by atoms with E-state index < -0.39 is 17.9 Å². The van der Waals surface area contributed by atoms with Crippen molar-refractivity contribution in [2.24, 2.45) is 0 Å². The van der Waals surface area contributed by atoms with Crippen LogP contribution in [0.5, 0.6) is 0 Å². The second-order valence-corrected chi connectivity index (χ2v) is 4.11. The highest BCUT2D eigenvalue weighted by Crippen LogP contribution is 2.05. The maximum absolute atomic E-state index is 10.4. The Morgan fingerprint density at radius 3 is 2.18 bits per heavy atom. The lowest BCUT2D eigenvalue weighted by atomic mass is 10.1. The van der Waals surface area contributed by atoms with Crippen LogP contribution in [0.4, 0.5) is 0 Å².